The molecule has 0 aliphatic rings. The molecule has 2 aromatic carbocycles. The molecule has 0 atom stereocenters. The van der Waals surface area contributed by atoms with Crippen LogP contribution in [0, 0.1) is 6.92 Å². The van der Waals surface area contributed by atoms with Gasteiger partial charge in [0.25, 0.3) is 5.91 Å². The standard InChI is InChI=1S/C17H19N3O4S/c1-13-6-5-8-15(10-13)20(25(2,23)24)12-17(22)19-18-11-14-7-3-4-9-16(14)21/h3-11,21H,12H2,1-2H3,(H,19,22)/b18-11-. The van der Waals surface area contributed by atoms with E-state index >= 15 is 0 Å². The Morgan fingerprint density at radius 1 is 1.24 bits per heavy atom. The van der Waals surface area contributed by atoms with Crippen LogP contribution in [0.3, 0.4) is 0 Å². The van der Waals surface area contributed by atoms with Crippen LogP contribution in [0.15, 0.2) is 53.6 Å². The van der Waals surface area contributed by atoms with Crippen molar-refractivity contribution >= 4 is 27.8 Å². The lowest BCUT2D eigenvalue weighted by Crippen LogP contribution is -2.39. The van der Waals surface area contributed by atoms with Crippen molar-refractivity contribution < 1.29 is 18.3 Å². The van der Waals surface area contributed by atoms with E-state index in [-0.39, 0.29) is 5.75 Å². The number of phenolic OH excluding ortho intramolecular Hbond substituents is 1. The van der Waals surface area contributed by atoms with Crippen molar-refractivity contribution in [3.8, 4) is 5.75 Å². The Labute approximate surface area is 146 Å². The number of benzene rings is 2. The fourth-order valence-electron chi connectivity index (χ4n) is 2.12. The SMILES string of the molecule is Cc1cccc(N(CC(=O)N/N=C\c2ccccc2O)S(C)(=O)=O)c1. The third kappa shape index (κ3) is 5.32. The summed E-state index contributed by atoms with van der Waals surface area (Å²) in [5, 5.41) is 13.4. The maximum absolute atomic E-state index is 12.0. The van der Waals surface area contributed by atoms with Crippen LogP contribution in [-0.2, 0) is 14.8 Å². The normalized spacial score (nSPS) is 11.4. The monoisotopic (exact) mass is 361 g/mol. The molecule has 0 aliphatic carbocycles. The number of anilines is 1. The molecule has 25 heavy (non-hydrogen) atoms. The number of phenols is 1. The maximum atomic E-state index is 12.0. The van der Waals surface area contributed by atoms with Crippen molar-refractivity contribution in [2.75, 3.05) is 17.1 Å². The molecule has 0 radical (unpaired) electrons. The number of aryl methyl sites for hydroxylation is 1. The Morgan fingerprint density at radius 2 is 1.96 bits per heavy atom. The highest BCUT2D eigenvalue weighted by molar-refractivity contribution is 7.92. The van der Waals surface area contributed by atoms with E-state index in [1.807, 2.05) is 13.0 Å². The van der Waals surface area contributed by atoms with Crippen LogP contribution < -0.4 is 9.73 Å². The molecule has 8 heteroatoms. The van der Waals surface area contributed by atoms with Crippen molar-refractivity contribution in [2.24, 2.45) is 5.10 Å². The fourth-order valence-corrected chi connectivity index (χ4v) is 2.97. The predicted octanol–water partition coefficient (Wildman–Crippen LogP) is 1.62. The van der Waals surface area contributed by atoms with Gasteiger partial charge in [-0.15, -0.1) is 0 Å². The van der Waals surface area contributed by atoms with Gasteiger partial charge >= 0.3 is 0 Å². The number of amides is 1. The summed E-state index contributed by atoms with van der Waals surface area (Å²) in [6.07, 6.45) is 2.32. The number of rotatable bonds is 6. The fraction of sp³-hybridized carbons (Fsp3) is 0.176. The first-order valence-corrected chi connectivity index (χ1v) is 9.26. The minimum Gasteiger partial charge on any atom is -0.507 e. The van der Waals surface area contributed by atoms with Crippen LogP contribution in [0.25, 0.3) is 0 Å². The zero-order chi connectivity index (χ0) is 18.4. The number of nitrogens with one attached hydrogen (secondary N) is 1. The van der Waals surface area contributed by atoms with Crippen LogP contribution in [0.2, 0.25) is 0 Å². The summed E-state index contributed by atoms with van der Waals surface area (Å²) in [5.74, 6) is -0.573. The third-order valence-corrected chi connectivity index (χ3v) is 4.45. The smallest absolute Gasteiger partial charge is 0.260 e. The van der Waals surface area contributed by atoms with E-state index in [1.165, 1.54) is 12.3 Å². The number of hydrazone groups is 1. The summed E-state index contributed by atoms with van der Waals surface area (Å²) >= 11 is 0. The first-order valence-electron chi connectivity index (χ1n) is 7.41. The van der Waals surface area contributed by atoms with Crippen LogP contribution in [0.5, 0.6) is 5.75 Å². The Hall–Kier alpha value is -2.87. The molecule has 0 aliphatic heterocycles. The molecule has 132 valence electrons. The first kappa shape index (κ1) is 18.5. The zero-order valence-corrected chi connectivity index (χ0v) is 14.7. The second-order valence-corrected chi connectivity index (χ2v) is 7.37. The van der Waals surface area contributed by atoms with Crippen LogP contribution in [0.4, 0.5) is 5.69 Å². The van der Waals surface area contributed by atoms with E-state index in [1.54, 1.807) is 36.4 Å². The van der Waals surface area contributed by atoms with Crippen molar-refractivity contribution in [2.45, 2.75) is 6.92 Å². The number of nitrogens with zero attached hydrogens (tertiary/aromatic N) is 2. The van der Waals surface area contributed by atoms with Crippen LogP contribution >= 0.6 is 0 Å². The quantitative estimate of drug-likeness (QED) is 0.603. The summed E-state index contributed by atoms with van der Waals surface area (Å²) < 4.78 is 25.0. The summed E-state index contributed by atoms with van der Waals surface area (Å²) in [7, 11) is -3.63. The lowest BCUT2D eigenvalue weighted by atomic mass is 10.2. The highest BCUT2D eigenvalue weighted by Gasteiger charge is 2.20. The van der Waals surface area contributed by atoms with Gasteiger partial charge in [-0.2, -0.15) is 5.10 Å². The van der Waals surface area contributed by atoms with Crippen molar-refractivity contribution in [3.05, 3.63) is 59.7 Å². The molecule has 0 heterocycles. The van der Waals surface area contributed by atoms with Gasteiger partial charge in [-0.05, 0) is 36.8 Å². The number of carbonyl (C=O) groups is 1. The van der Waals surface area contributed by atoms with Gasteiger partial charge in [0.2, 0.25) is 10.0 Å². The first-order chi connectivity index (χ1) is 11.8. The highest BCUT2D eigenvalue weighted by Crippen LogP contribution is 2.18. The average Bonchev–Trinajstić information content (AvgIpc) is 2.53. The van der Waals surface area contributed by atoms with Crippen molar-refractivity contribution in [3.63, 3.8) is 0 Å². The minimum absolute atomic E-state index is 0.0259. The number of carbonyl (C=O) groups excluding carboxylic acids is 1. The zero-order valence-electron chi connectivity index (χ0n) is 13.9. The molecule has 2 rings (SSSR count). The van der Waals surface area contributed by atoms with Gasteiger partial charge in [0.05, 0.1) is 18.2 Å². The second kappa shape index (κ2) is 7.80. The summed E-state index contributed by atoms with van der Waals surface area (Å²) in [6.45, 7) is 1.43. The van der Waals surface area contributed by atoms with Gasteiger partial charge in [-0.25, -0.2) is 13.8 Å². The van der Waals surface area contributed by atoms with E-state index in [0.717, 1.165) is 16.1 Å². The van der Waals surface area contributed by atoms with E-state index in [2.05, 4.69) is 10.5 Å². The second-order valence-electron chi connectivity index (χ2n) is 5.46. The summed E-state index contributed by atoms with van der Waals surface area (Å²) in [6, 6.07) is 13.3. The maximum Gasteiger partial charge on any atom is 0.260 e. The molecular formula is C17H19N3O4S. The molecule has 0 spiro atoms. The van der Waals surface area contributed by atoms with Gasteiger partial charge in [0.15, 0.2) is 0 Å². The van der Waals surface area contributed by atoms with Gasteiger partial charge < -0.3 is 5.11 Å². The van der Waals surface area contributed by atoms with Gasteiger partial charge in [-0.3, -0.25) is 9.10 Å². The van der Waals surface area contributed by atoms with E-state index < -0.39 is 22.5 Å². The summed E-state index contributed by atoms with van der Waals surface area (Å²) in [4.78, 5) is 12.0. The average molecular weight is 361 g/mol. The van der Waals surface area contributed by atoms with Crippen LogP contribution in [-0.4, -0.2) is 38.4 Å². The third-order valence-electron chi connectivity index (χ3n) is 3.31. The molecule has 7 nitrogen and oxygen atoms in total. The number of aromatic hydroxyl groups is 1. The molecule has 2 N–H and O–H groups in total. The molecule has 0 saturated carbocycles. The molecule has 1 amide bonds. The number of sulfonamides is 1. The van der Waals surface area contributed by atoms with Gasteiger partial charge in [0.1, 0.15) is 12.3 Å². The number of hydrogen-bond acceptors (Lipinski definition) is 5. The topological polar surface area (TPSA) is 99.1 Å². The molecular weight excluding hydrogens is 342 g/mol. The van der Waals surface area contributed by atoms with E-state index in [4.69, 9.17) is 0 Å². The Morgan fingerprint density at radius 3 is 2.60 bits per heavy atom. The largest absolute Gasteiger partial charge is 0.507 e. The van der Waals surface area contributed by atoms with Gasteiger partial charge in [0, 0.05) is 5.56 Å². The molecule has 0 aromatic heterocycles. The van der Waals surface area contributed by atoms with Crippen LogP contribution in [0.1, 0.15) is 11.1 Å². The van der Waals surface area contributed by atoms with Gasteiger partial charge in [-0.1, -0.05) is 24.3 Å². The van der Waals surface area contributed by atoms with E-state index in [0.29, 0.717) is 11.3 Å². The Balaban J connectivity index is 2.09. The lowest BCUT2D eigenvalue weighted by molar-refractivity contribution is -0.119. The summed E-state index contributed by atoms with van der Waals surface area (Å²) in [5.41, 5.74) is 3.97. The molecule has 0 bridgehead atoms. The van der Waals surface area contributed by atoms with E-state index in [9.17, 15) is 18.3 Å². The lowest BCUT2D eigenvalue weighted by Gasteiger charge is -2.21. The molecule has 2 aromatic rings. The van der Waals surface area contributed by atoms with Crippen molar-refractivity contribution in [1.29, 1.82) is 0 Å². The minimum atomic E-state index is -3.63. The molecule has 0 saturated heterocycles. The highest BCUT2D eigenvalue weighted by atomic mass is 32.2. The van der Waals surface area contributed by atoms with Crippen molar-refractivity contribution in [1.82, 2.24) is 5.43 Å². The Bertz CT molecular complexity index is 894. The Kier molecular flexibility index (Phi) is 5.76. The molecule has 0 unspecified atom stereocenters. The number of para-hydroxylation sites is 1. The molecule has 0 fully saturated rings. The predicted molar refractivity (Wildman–Crippen MR) is 97.2 cm³/mol. The number of hydrogen-bond donors (Lipinski definition) is 2.